The van der Waals surface area contributed by atoms with Crippen molar-refractivity contribution in [1.29, 1.82) is 0 Å². The SMILES string of the molecule is c1ccc(-c2ccc3c(c2)c2ccccc2n3-c2c(-c3ccccc3)cc(C3=NC(c4cccc5oc6ccccc6c45)=NC(c4ccc5c(c4)oc4ccccc45)N3)cc2-c2ccccc2)cc1. The van der Waals surface area contributed by atoms with Crippen molar-refractivity contribution in [1.82, 2.24) is 9.88 Å². The van der Waals surface area contributed by atoms with Gasteiger partial charge in [-0.3, -0.25) is 0 Å². The third kappa shape index (κ3) is 6.41. The number of amidine groups is 2. The fourth-order valence-corrected chi connectivity index (χ4v) is 10.5. The smallest absolute Gasteiger partial charge is 0.160 e. The molecule has 0 spiro atoms. The molecule has 1 unspecified atom stereocenters. The van der Waals surface area contributed by atoms with E-state index in [1.54, 1.807) is 0 Å². The first-order chi connectivity index (χ1) is 34.2. The number of aromatic nitrogens is 1. The zero-order valence-electron chi connectivity index (χ0n) is 37.2. The molecule has 4 heterocycles. The van der Waals surface area contributed by atoms with Crippen LogP contribution >= 0.6 is 0 Å². The maximum Gasteiger partial charge on any atom is 0.160 e. The van der Waals surface area contributed by atoms with Crippen LogP contribution in [0.25, 0.3) is 105 Å². The second-order valence-corrected chi connectivity index (χ2v) is 17.7. The lowest BCUT2D eigenvalue weighted by Crippen LogP contribution is -2.33. The van der Waals surface area contributed by atoms with Gasteiger partial charge in [-0.05, 0) is 76.9 Å². The van der Waals surface area contributed by atoms with Gasteiger partial charge in [0.25, 0.3) is 0 Å². The van der Waals surface area contributed by atoms with Gasteiger partial charge < -0.3 is 18.7 Å². The zero-order valence-corrected chi connectivity index (χ0v) is 37.2. The van der Waals surface area contributed by atoms with Crippen molar-refractivity contribution in [2.75, 3.05) is 0 Å². The lowest BCUT2D eigenvalue weighted by molar-refractivity contribution is 0.655. The normalized spacial score (nSPS) is 13.9. The fourth-order valence-electron chi connectivity index (χ4n) is 10.5. The third-order valence-electron chi connectivity index (χ3n) is 13.7. The van der Waals surface area contributed by atoms with Crippen molar-refractivity contribution in [3.63, 3.8) is 0 Å². The van der Waals surface area contributed by atoms with Gasteiger partial charge in [-0.15, -0.1) is 0 Å². The Balaban J connectivity index is 1.03. The van der Waals surface area contributed by atoms with Gasteiger partial charge in [0, 0.05) is 60.1 Å². The second-order valence-electron chi connectivity index (χ2n) is 17.7. The molecule has 0 saturated heterocycles. The Hall–Kier alpha value is -9.26. The van der Waals surface area contributed by atoms with Gasteiger partial charge in [0.1, 0.15) is 34.3 Å². The molecule has 13 aromatic rings. The number of aliphatic imine (C=N–C) groups is 2. The summed E-state index contributed by atoms with van der Waals surface area (Å²) >= 11 is 0. The van der Waals surface area contributed by atoms with E-state index in [9.17, 15) is 0 Å². The van der Waals surface area contributed by atoms with Gasteiger partial charge >= 0.3 is 0 Å². The number of nitrogens with zero attached hydrogens (tertiary/aromatic N) is 3. The van der Waals surface area contributed by atoms with E-state index in [2.05, 4.69) is 204 Å². The van der Waals surface area contributed by atoms with E-state index >= 15 is 0 Å². The molecule has 0 saturated carbocycles. The largest absolute Gasteiger partial charge is 0.456 e. The number of rotatable bonds is 7. The lowest BCUT2D eigenvalue weighted by Gasteiger charge is -2.26. The van der Waals surface area contributed by atoms with Gasteiger partial charge in [-0.1, -0.05) is 176 Å². The number of para-hydroxylation sites is 3. The van der Waals surface area contributed by atoms with E-state index in [1.807, 2.05) is 36.4 Å². The highest BCUT2D eigenvalue weighted by Gasteiger charge is 2.28. The Bertz CT molecular complexity index is 4160. The molecule has 6 heteroatoms. The molecular formula is C63H40N4O2. The molecular weight excluding hydrogens is 845 g/mol. The Morgan fingerprint density at radius 1 is 0.377 bits per heavy atom. The standard InChI is InChI=1S/C63H40N4O2/c1-4-17-39(18-5-1)42-32-34-54-52(35-42)45-23-10-13-27-53(45)67(54)60-50(40-19-6-2-7-20-40)36-44(37-51(60)41-21-8-3-9-22-41)62-64-61(43-31-33-47-46-24-11-14-28-55(46)69-58(47)38-43)65-63(66-62)49-26-16-30-57-59(49)48-25-12-15-29-56(48)68-57/h1-38,61H,(H,64,65,66). The van der Waals surface area contributed by atoms with Crippen molar-refractivity contribution in [2.24, 2.45) is 9.98 Å². The Morgan fingerprint density at radius 2 is 0.957 bits per heavy atom. The van der Waals surface area contributed by atoms with E-state index in [1.165, 1.54) is 21.9 Å². The van der Waals surface area contributed by atoms with E-state index in [-0.39, 0.29) is 0 Å². The topological polar surface area (TPSA) is 68.0 Å². The van der Waals surface area contributed by atoms with Gasteiger partial charge in [0.2, 0.25) is 0 Å². The van der Waals surface area contributed by atoms with Crippen LogP contribution in [0.3, 0.4) is 0 Å². The Morgan fingerprint density at radius 3 is 1.70 bits per heavy atom. The molecule has 1 aliphatic rings. The summed E-state index contributed by atoms with van der Waals surface area (Å²) in [5.41, 5.74) is 16.1. The average molecular weight is 885 g/mol. The Labute approximate surface area is 396 Å². The summed E-state index contributed by atoms with van der Waals surface area (Å²) < 4.78 is 15.3. The molecule has 1 aliphatic heterocycles. The van der Waals surface area contributed by atoms with Crippen LogP contribution < -0.4 is 5.32 Å². The summed E-state index contributed by atoms with van der Waals surface area (Å²) in [5, 5.41) is 10.4. The maximum atomic E-state index is 6.45. The highest BCUT2D eigenvalue weighted by molar-refractivity contribution is 6.22. The van der Waals surface area contributed by atoms with Crippen LogP contribution in [-0.2, 0) is 0 Å². The van der Waals surface area contributed by atoms with E-state index in [4.69, 9.17) is 18.8 Å². The summed E-state index contributed by atoms with van der Waals surface area (Å²) in [5.74, 6) is 1.31. The predicted molar refractivity (Wildman–Crippen MR) is 283 cm³/mol. The number of hydrogen-bond acceptors (Lipinski definition) is 5. The van der Waals surface area contributed by atoms with Crippen LogP contribution in [0.4, 0.5) is 0 Å². The number of fused-ring (bicyclic) bond motifs is 9. The molecule has 1 atom stereocenters. The first-order valence-corrected chi connectivity index (χ1v) is 23.3. The number of benzene rings is 10. The fraction of sp³-hybridized carbons (Fsp3) is 0.0159. The Kier molecular flexibility index (Phi) is 8.86. The molecule has 1 N–H and O–H groups in total. The molecule has 0 aliphatic carbocycles. The molecule has 6 nitrogen and oxygen atoms in total. The highest BCUT2D eigenvalue weighted by Crippen LogP contribution is 2.44. The molecule has 324 valence electrons. The summed E-state index contributed by atoms with van der Waals surface area (Å²) in [6.07, 6.45) is -0.505. The summed E-state index contributed by atoms with van der Waals surface area (Å²) in [6.45, 7) is 0. The van der Waals surface area contributed by atoms with Crippen LogP contribution in [0.5, 0.6) is 0 Å². The van der Waals surface area contributed by atoms with Crippen molar-refractivity contribution in [3.05, 3.63) is 247 Å². The minimum atomic E-state index is -0.505. The van der Waals surface area contributed by atoms with E-state index in [0.717, 1.165) is 99.5 Å². The minimum Gasteiger partial charge on any atom is -0.456 e. The molecule has 69 heavy (non-hydrogen) atoms. The molecule has 10 aromatic carbocycles. The van der Waals surface area contributed by atoms with Crippen molar-refractivity contribution < 1.29 is 8.83 Å². The molecule has 0 amide bonds. The monoisotopic (exact) mass is 884 g/mol. The number of furan rings is 2. The highest BCUT2D eigenvalue weighted by atomic mass is 16.3. The molecule has 0 fully saturated rings. The zero-order chi connectivity index (χ0) is 45.4. The summed E-state index contributed by atoms with van der Waals surface area (Å²) in [4.78, 5) is 11.0. The van der Waals surface area contributed by atoms with Crippen LogP contribution in [0, 0.1) is 0 Å². The second kappa shape index (κ2) is 15.7. The lowest BCUT2D eigenvalue weighted by atomic mass is 9.92. The van der Waals surface area contributed by atoms with Crippen molar-refractivity contribution >= 4 is 77.4 Å². The van der Waals surface area contributed by atoms with Crippen LogP contribution in [0.2, 0.25) is 0 Å². The van der Waals surface area contributed by atoms with E-state index < -0.39 is 6.17 Å². The van der Waals surface area contributed by atoms with E-state index in [0.29, 0.717) is 11.7 Å². The van der Waals surface area contributed by atoms with Crippen LogP contribution in [0.1, 0.15) is 22.9 Å². The average Bonchev–Trinajstić information content (AvgIpc) is 4.10. The van der Waals surface area contributed by atoms with Crippen molar-refractivity contribution in [2.45, 2.75) is 6.17 Å². The van der Waals surface area contributed by atoms with Crippen molar-refractivity contribution in [3.8, 4) is 39.1 Å². The summed E-state index contributed by atoms with van der Waals surface area (Å²) in [7, 11) is 0. The first-order valence-electron chi connectivity index (χ1n) is 23.3. The summed E-state index contributed by atoms with van der Waals surface area (Å²) in [6, 6.07) is 81.3. The minimum absolute atomic E-state index is 0.505. The molecule has 3 aromatic heterocycles. The number of nitrogens with one attached hydrogen (secondary N) is 1. The van der Waals surface area contributed by atoms with Gasteiger partial charge in [-0.2, -0.15) is 0 Å². The van der Waals surface area contributed by atoms with Gasteiger partial charge in [0.15, 0.2) is 5.84 Å². The molecule has 0 bridgehead atoms. The number of hydrogen-bond donors (Lipinski definition) is 1. The quantitative estimate of drug-likeness (QED) is 0.173. The predicted octanol–water partition coefficient (Wildman–Crippen LogP) is 16.1. The maximum absolute atomic E-state index is 6.45. The first kappa shape index (κ1) is 39.0. The van der Waals surface area contributed by atoms with Gasteiger partial charge in [0.05, 0.1) is 16.7 Å². The molecule has 0 radical (unpaired) electrons. The van der Waals surface area contributed by atoms with Gasteiger partial charge in [-0.25, -0.2) is 9.98 Å². The van der Waals surface area contributed by atoms with Crippen LogP contribution in [-0.4, -0.2) is 16.2 Å². The van der Waals surface area contributed by atoms with Crippen LogP contribution in [0.15, 0.2) is 249 Å². The molecule has 14 rings (SSSR count). The third-order valence-corrected chi connectivity index (χ3v) is 13.7.